The summed E-state index contributed by atoms with van der Waals surface area (Å²) >= 11 is 18.1. The van der Waals surface area contributed by atoms with Crippen LogP contribution in [0.25, 0.3) is 0 Å². The molecule has 3 rings (SSSR count). The maximum Gasteiger partial charge on any atom is 0.259 e. The Labute approximate surface area is 167 Å². The van der Waals surface area contributed by atoms with Crippen molar-refractivity contribution in [3.63, 3.8) is 0 Å². The highest BCUT2D eigenvalue weighted by atomic mass is 35.5. The molecular formula is C19H19Cl3N2O2. The summed E-state index contributed by atoms with van der Waals surface area (Å²) in [5.74, 6) is -0.793. The van der Waals surface area contributed by atoms with Crippen LogP contribution >= 0.6 is 34.8 Å². The average molecular weight is 414 g/mol. The summed E-state index contributed by atoms with van der Waals surface area (Å²) in [5.41, 5.74) is 2.09. The van der Waals surface area contributed by atoms with Crippen LogP contribution in [0, 0.1) is 0 Å². The molecule has 1 aliphatic heterocycles. The van der Waals surface area contributed by atoms with Crippen LogP contribution < -0.4 is 4.90 Å². The third kappa shape index (κ3) is 3.73. The Morgan fingerprint density at radius 2 is 1.81 bits per heavy atom. The van der Waals surface area contributed by atoms with Gasteiger partial charge in [-0.3, -0.25) is 4.79 Å². The fraction of sp³-hybridized carbons (Fsp3) is 0.316. The Hall–Kier alpha value is -1.62. The number of carbonyl (C=O) groups excluding carboxylic acids is 1. The van der Waals surface area contributed by atoms with Gasteiger partial charge in [-0.2, -0.15) is 0 Å². The number of para-hydroxylation sites is 1. The van der Waals surface area contributed by atoms with Crippen molar-refractivity contribution in [2.75, 3.05) is 25.0 Å². The molecule has 0 spiro atoms. The zero-order chi connectivity index (χ0) is 18.8. The van der Waals surface area contributed by atoms with E-state index in [9.17, 15) is 9.90 Å². The zero-order valence-corrected chi connectivity index (χ0v) is 16.6. The summed E-state index contributed by atoms with van der Waals surface area (Å²) in [6.07, 6.45) is 2.35. The van der Waals surface area contributed by atoms with Gasteiger partial charge in [0.2, 0.25) is 0 Å². The number of hydrogen-bond acceptors (Lipinski definition) is 3. The zero-order valence-electron chi connectivity index (χ0n) is 14.3. The molecule has 4 nitrogen and oxygen atoms in total. The third-order valence-electron chi connectivity index (χ3n) is 4.55. The highest BCUT2D eigenvalue weighted by Gasteiger charge is 2.25. The lowest BCUT2D eigenvalue weighted by Gasteiger charge is -2.25. The van der Waals surface area contributed by atoms with E-state index in [1.54, 1.807) is 7.05 Å². The molecule has 0 unspecified atom stereocenters. The maximum absolute atomic E-state index is 12.9. The largest absolute Gasteiger partial charge is 0.505 e. The minimum Gasteiger partial charge on any atom is -0.505 e. The number of hydrogen-bond donors (Lipinski definition) is 1. The van der Waals surface area contributed by atoms with Crippen LogP contribution in [0.15, 0.2) is 30.3 Å². The van der Waals surface area contributed by atoms with E-state index < -0.39 is 5.91 Å². The monoisotopic (exact) mass is 412 g/mol. The van der Waals surface area contributed by atoms with E-state index in [-0.39, 0.29) is 26.4 Å². The molecule has 1 saturated heterocycles. The molecule has 0 radical (unpaired) electrons. The van der Waals surface area contributed by atoms with Gasteiger partial charge < -0.3 is 14.9 Å². The topological polar surface area (TPSA) is 43.8 Å². The average Bonchev–Trinajstić information content (AvgIpc) is 3.15. The number of phenols is 1. The first-order valence-corrected chi connectivity index (χ1v) is 9.48. The Bertz CT molecular complexity index is 810. The fourth-order valence-corrected chi connectivity index (χ4v) is 3.90. The molecule has 1 amide bonds. The Kier molecular flexibility index (Phi) is 5.86. The van der Waals surface area contributed by atoms with Crippen LogP contribution in [0.4, 0.5) is 5.69 Å². The number of halogens is 3. The van der Waals surface area contributed by atoms with Crippen LogP contribution in [0.2, 0.25) is 15.1 Å². The van der Waals surface area contributed by atoms with Gasteiger partial charge in [-0.15, -0.1) is 0 Å². The number of anilines is 1. The van der Waals surface area contributed by atoms with Gasteiger partial charge in [0.05, 0.1) is 15.1 Å². The van der Waals surface area contributed by atoms with E-state index >= 15 is 0 Å². The van der Waals surface area contributed by atoms with Crippen molar-refractivity contribution in [2.45, 2.75) is 19.4 Å². The lowest BCUT2D eigenvalue weighted by molar-refractivity contribution is 0.0782. The van der Waals surface area contributed by atoms with Crippen molar-refractivity contribution < 1.29 is 9.90 Å². The molecule has 1 aliphatic rings. The lowest BCUT2D eigenvalue weighted by Crippen LogP contribution is -2.28. The maximum atomic E-state index is 12.9. The summed E-state index contributed by atoms with van der Waals surface area (Å²) in [4.78, 5) is 16.7. The molecule has 0 saturated carbocycles. The van der Waals surface area contributed by atoms with Gasteiger partial charge in [0.15, 0.2) is 0 Å². The predicted molar refractivity (Wildman–Crippen MR) is 107 cm³/mol. The molecule has 7 heteroatoms. The predicted octanol–water partition coefficient (Wildman–Crippen LogP) is 5.22. The van der Waals surface area contributed by atoms with Crippen molar-refractivity contribution in [2.24, 2.45) is 0 Å². The first-order chi connectivity index (χ1) is 12.4. The van der Waals surface area contributed by atoms with Gasteiger partial charge in [-0.05, 0) is 30.5 Å². The van der Waals surface area contributed by atoms with Gasteiger partial charge in [0.25, 0.3) is 5.91 Å². The first kappa shape index (κ1) is 19.2. The van der Waals surface area contributed by atoms with E-state index in [4.69, 9.17) is 34.8 Å². The summed E-state index contributed by atoms with van der Waals surface area (Å²) < 4.78 is 0. The van der Waals surface area contributed by atoms with Crippen LogP contribution in [0.5, 0.6) is 5.75 Å². The number of carbonyl (C=O) groups is 1. The molecule has 2 aromatic carbocycles. The van der Waals surface area contributed by atoms with Crippen LogP contribution in [-0.4, -0.2) is 36.1 Å². The van der Waals surface area contributed by atoms with E-state index in [0.717, 1.165) is 24.3 Å². The SMILES string of the molecule is CN(Cc1ccccc1N1CCCC1)C(=O)c1c(O)c(Cl)cc(Cl)c1Cl. The third-order valence-corrected chi connectivity index (χ3v) is 5.63. The number of benzene rings is 2. The second kappa shape index (κ2) is 7.95. The van der Waals surface area contributed by atoms with Crippen molar-refractivity contribution in [1.29, 1.82) is 0 Å². The van der Waals surface area contributed by atoms with Crippen molar-refractivity contribution >= 4 is 46.4 Å². The molecule has 0 bridgehead atoms. The molecule has 0 aromatic heterocycles. The molecule has 26 heavy (non-hydrogen) atoms. The van der Waals surface area contributed by atoms with Crippen LogP contribution in [0.3, 0.4) is 0 Å². The number of aromatic hydroxyl groups is 1. The fourth-order valence-electron chi connectivity index (χ4n) is 3.21. The summed E-state index contributed by atoms with van der Waals surface area (Å²) in [7, 11) is 1.66. The van der Waals surface area contributed by atoms with Crippen molar-refractivity contribution in [3.05, 3.63) is 56.5 Å². The molecule has 1 fully saturated rings. The summed E-state index contributed by atoms with van der Waals surface area (Å²) in [6, 6.07) is 9.34. The smallest absolute Gasteiger partial charge is 0.259 e. The number of amides is 1. The Morgan fingerprint density at radius 1 is 1.15 bits per heavy atom. The summed E-state index contributed by atoms with van der Waals surface area (Å²) in [6.45, 7) is 2.42. The molecule has 0 atom stereocenters. The molecule has 138 valence electrons. The first-order valence-electron chi connectivity index (χ1n) is 8.35. The normalized spacial score (nSPS) is 13.9. The Balaban J connectivity index is 1.88. The minimum absolute atomic E-state index is 0.00163. The molecule has 1 heterocycles. The van der Waals surface area contributed by atoms with Gasteiger partial charge >= 0.3 is 0 Å². The van der Waals surface area contributed by atoms with Gasteiger partial charge in [-0.1, -0.05) is 53.0 Å². The lowest BCUT2D eigenvalue weighted by atomic mass is 10.1. The highest BCUT2D eigenvalue weighted by Crippen LogP contribution is 2.39. The molecule has 1 N–H and O–H groups in total. The van der Waals surface area contributed by atoms with E-state index in [0.29, 0.717) is 6.54 Å². The minimum atomic E-state index is -0.437. The van der Waals surface area contributed by atoms with E-state index in [1.165, 1.54) is 23.8 Å². The van der Waals surface area contributed by atoms with Crippen molar-refractivity contribution in [3.8, 4) is 5.75 Å². The molecular weight excluding hydrogens is 395 g/mol. The Morgan fingerprint density at radius 3 is 2.50 bits per heavy atom. The van der Waals surface area contributed by atoms with E-state index in [1.807, 2.05) is 18.2 Å². The van der Waals surface area contributed by atoms with Gasteiger partial charge in [0, 0.05) is 32.4 Å². The number of phenolic OH excluding ortho intramolecular Hbond substituents is 1. The number of rotatable bonds is 4. The second-order valence-corrected chi connectivity index (χ2v) is 7.55. The number of nitrogens with zero attached hydrogens (tertiary/aromatic N) is 2. The summed E-state index contributed by atoms with van der Waals surface area (Å²) in [5, 5.41) is 10.3. The van der Waals surface area contributed by atoms with Crippen LogP contribution in [0.1, 0.15) is 28.8 Å². The second-order valence-electron chi connectivity index (χ2n) is 6.36. The standard InChI is InChI=1S/C19H19Cl3N2O2/c1-23(19(26)16-17(22)13(20)10-14(21)18(16)25)11-12-6-2-3-7-15(12)24-8-4-5-9-24/h2-3,6-7,10,25H,4-5,8-9,11H2,1H3. The van der Waals surface area contributed by atoms with E-state index in [2.05, 4.69) is 11.0 Å². The molecule has 2 aromatic rings. The van der Waals surface area contributed by atoms with Gasteiger partial charge in [0.1, 0.15) is 11.3 Å². The van der Waals surface area contributed by atoms with Gasteiger partial charge in [-0.25, -0.2) is 0 Å². The molecule has 0 aliphatic carbocycles. The quantitative estimate of drug-likeness (QED) is 0.698. The van der Waals surface area contributed by atoms with Crippen molar-refractivity contribution in [1.82, 2.24) is 4.90 Å². The highest BCUT2D eigenvalue weighted by molar-refractivity contribution is 6.45. The van der Waals surface area contributed by atoms with Crippen LogP contribution in [-0.2, 0) is 6.54 Å².